The number of unbranched alkanes of at least 4 members (excludes halogenated alkanes) is 17. The van der Waals surface area contributed by atoms with Gasteiger partial charge in [-0.25, -0.2) is 0 Å². The quantitative estimate of drug-likeness (QED) is 0.195. The molecule has 0 spiro atoms. The molecule has 0 bridgehead atoms. The summed E-state index contributed by atoms with van der Waals surface area (Å²) in [6, 6.07) is 11.0. The van der Waals surface area contributed by atoms with Gasteiger partial charge in [0.25, 0.3) is 0 Å². The molecule has 0 saturated carbocycles. The first-order valence-corrected chi connectivity index (χ1v) is 12.9. The molecule has 0 radical (unpaired) electrons. The molecule has 0 aliphatic heterocycles. The van der Waals surface area contributed by atoms with Gasteiger partial charge in [-0.05, 0) is 17.9 Å². The second-order valence-electron chi connectivity index (χ2n) is 9.11. The smallest absolute Gasteiger partial charge is 0.0190 e. The highest BCUT2D eigenvalue weighted by Gasteiger charge is 2.04. The summed E-state index contributed by atoms with van der Waals surface area (Å²) in [6.07, 6.45) is 27.6. The summed E-state index contributed by atoms with van der Waals surface area (Å²) in [5.41, 5.74) is 1.51. The van der Waals surface area contributed by atoms with Crippen LogP contribution >= 0.6 is 0 Å². The van der Waals surface area contributed by atoms with Crippen molar-refractivity contribution in [1.82, 2.24) is 0 Å². The number of hydrogen-bond acceptors (Lipinski definition) is 0. The normalized spacial score (nSPS) is 12.4. The Bertz CT molecular complexity index is 407. The van der Waals surface area contributed by atoms with Gasteiger partial charge in [-0.3, -0.25) is 0 Å². The molecule has 0 aromatic heterocycles. The van der Waals surface area contributed by atoms with E-state index in [4.69, 9.17) is 0 Å². The lowest BCUT2D eigenvalue weighted by molar-refractivity contribution is 0.518. The van der Waals surface area contributed by atoms with E-state index in [0.717, 1.165) is 5.92 Å². The van der Waals surface area contributed by atoms with E-state index in [1.54, 1.807) is 0 Å². The summed E-state index contributed by atoms with van der Waals surface area (Å²) in [5.74, 6) is 0.724. The highest BCUT2D eigenvalue weighted by atomic mass is 14.1. The largest absolute Gasteiger partial charge is 0.0654 e. The van der Waals surface area contributed by atoms with Crippen molar-refractivity contribution in [2.24, 2.45) is 0 Å². The number of hydrogen-bond donors (Lipinski definition) is 0. The molecule has 28 heavy (non-hydrogen) atoms. The first-order valence-electron chi connectivity index (χ1n) is 12.9. The van der Waals surface area contributed by atoms with E-state index in [2.05, 4.69) is 44.2 Å². The van der Waals surface area contributed by atoms with Gasteiger partial charge in [0.1, 0.15) is 0 Å². The maximum absolute atomic E-state index is 2.38. The van der Waals surface area contributed by atoms with E-state index in [0.29, 0.717) is 0 Å². The SMILES string of the molecule is CCCCCCCCCCCCCCCCCCCCC(C)c1ccccc1. The summed E-state index contributed by atoms with van der Waals surface area (Å²) >= 11 is 0. The van der Waals surface area contributed by atoms with Crippen molar-refractivity contribution in [1.29, 1.82) is 0 Å². The lowest BCUT2D eigenvalue weighted by Crippen LogP contribution is -1.93. The molecule has 0 heteroatoms. The Kier molecular flexibility index (Phi) is 17.6. The van der Waals surface area contributed by atoms with E-state index in [9.17, 15) is 0 Å². The monoisotopic (exact) mass is 386 g/mol. The molecule has 0 N–H and O–H groups in total. The minimum Gasteiger partial charge on any atom is -0.0654 e. The van der Waals surface area contributed by atoms with Gasteiger partial charge in [0.2, 0.25) is 0 Å². The van der Waals surface area contributed by atoms with Crippen molar-refractivity contribution in [3.05, 3.63) is 35.9 Å². The van der Waals surface area contributed by atoms with E-state index in [1.165, 1.54) is 128 Å². The van der Waals surface area contributed by atoms with Gasteiger partial charge in [0, 0.05) is 0 Å². The molecule has 1 aromatic carbocycles. The zero-order chi connectivity index (χ0) is 20.1. The number of benzene rings is 1. The van der Waals surface area contributed by atoms with Crippen LogP contribution in [0.15, 0.2) is 30.3 Å². The zero-order valence-electron chi connectivity index (χ0n) is 19.4. The molecular weight excluding hydrogens is 336 g/mol. The molecule has 0 amide bonds. The van der Waals surface area contributed by atoms with Crippen LogP contribution in [0.3, 0.4) is 0 Å². The predicted octanol–water partition coefficient (Wildman–Crippen LogP) is 10.2. The van der Waals surface area contributed by atoms with Gasteiger partial charge in [-0.2, -0.15) is 0 Å². The van der Waals surface area contributed by atoms with Crippen LogP contribution in [0.25, 0.3) is 0 Å². The predicted molar refractivity (Wildman–Crippen MR) is 128 cm³/mol. The van der Waals surface area contributed by atoms with Gasteiger partial charge in [-0.1, -0.05) is 160 Å². The van der Waals surface area contributed by atoms with Crippen molar-refractivity contribution in [2.45, 2.75) is 142 Å². The first-order chi connectivity index (χ1) is 13.8. The van der Waals surface area contributed by atoms with Crippen LogP contribution in [-0.4, -0.2) is 0 Å². The number of rotatable bonds is 20. The highest BCUT2D eigenvalue weighted by Crippen LogP contribution is 2.22. The molecule has 1 aromatic rings. The summed E-state index contributed by atoms with van der Waals surface area (Å²) in [5, 5.41) is 0. The van der Waals surface area contributed by atoms with Gasteiger partial charge in [0.15, 0.2) is 0 Å². The Labute approximate surface area is 177 Å². The van der Waals surface area contributed by atoms with Crippen molar-refractivity contribution in [3.63, 3.8) is 0 Å². The van der Waals surface area contributed by atoms with E-state index < -0.39 is 0 Å². The van der Waals surface area contributed by atoms with Crippen molar-refractivity contribution in [2.75, 3.05) is 0 Å². The Balaban J connectivity index is 1.73. The Hall–Kier alpha value is -0.780. The van der Waals surface area contributed by atoms with Crippen LogP contribution in [0.4, 0.5) is 0 Å². The van der Waals surface area contributed by atoms with E-state index in [-0.39, 0.29) is 0 Å². The third-order valence-electron chi connectivity index (χ3n) is 6.36. The fraction of sp³-hybridized carbons (Fsp3) is 0.786. The first kappa shape index (κ1) is 25.3. The molecule has 0 heterocycles. The van der Waals surface area contributed by atoms with Crippen LogP contribution in [0.2, 0.25) is 0 Å². The fourth-order valence-electron chi connectivity index (χ4n) is 4.30. The molecule has 162 valence electrons. The molecule has 0 saturated heterocycles. The van der Waals surface area contributed by atoms with Crippen molar-refractivity contribution in [3.8, 4) is 0 Å². The van der Waals surface area contributed by atoms with Gasteiger partial charge in [0.05, 0.1) is 0 Å². The Morgan fingerprint density at radius 3 is 1.25 bits per heavy atom. The fourth-order valence-corrected chi connectivity index (χ4v) is 4.30. The zero-order valence-corrected chi connectivity index (χ0v) is 19.4. The summed E-state index contributed by atoms with van der Waals surface area (Å²) in [4.78, 5) is 0. The third-order valence-corrected chi connectivity index (χ3v) is 6.36. The average molecular weight is 387 g/mol. The summed E-state index contributed by atoms with van der Waals surface area (Å²) in [6.45, 7) is 4.68. The third kappa shape index (κ3) is 15.2. The maximum atomic E-state index is 2.38. The standard InChI is InChI=1S/C28H50/c1-3-4-5-6-7-8-9-10-11-12-13-14-15-16-17-18-19-21-24-27(2)28-25-22-20-23-26-28/h20,22-23,25-27H,3-19,21,24H2,1-2H3. The van der Waals surface area contributed by atoms with Crippen LogP contribution in [0.5, 0.6) is 0 Å². The second kappa shape index (κ2) is 19.5. The van der Waals surface area contributed by atoms with Gasteiger partial charge in [-0.15, -0.1) is 0 Å². The van der Waals surface area contributed by atoms with Gasteiger partial charge < -0.3 is 0 Å². The molecule has 0 fully saturated rings. The molecule has 1 atom stereocenters. The average Bonchev–Trinajstić information content (AvgIpc) is 2.73. The lowest BCUT2D eigenvalue weighted by Gasteiger charge is -2.11. The Morgan fingerprint density at radius 2 is 0.857 bits per heavy atom. The highest BCUT2D eigenvalue weighted by molar-refractivity contribution is 5.18. The van der Waals surface area contributed by atoms with Crippen LogP contribution < -0.4 is 0 Å². The molecule has 1 unspecified atom stereocenters. The lowest BCUT2D eigenvalue weighted by atomic mass is 9.95. The molecule has 0 nitrogen and oxygen atoms in total. The van der Waals surface area contributed by atoms with E-state index in [1.807, 2.05) is 0 Å². The summed E-state index contributed by atoms with van der Waals surface area (Å²) < 4.78 is 0. The van der Waals surface area contributed by atoms with E-state index >= 15 is 0 Å². The van der Waals surface area contributed by atoms with Crippen LogP contribution in [-0.2, 0) is 0 Å². The van der Waals surface area contributed by atoms with Crippen molar-refractivity contribution < 1.29 is 0 Å². The van der Waals surface area contributed by atoms with Gasteiger partial charge >= 0.3 is 0 Å². The molecule has 1 rings (SSSR count). The van der Waals surface area contributed by atoms with Crippen molar-refractivity contribution >= 4 is 0 Å². The maximum Gasteiger partial charge on any atom is -0.0190 e. The Morgan fingerprint density at radius 1 is 0.500 bits per heavy atom. The minimum atomic E-state index is 0.724. The molecular formula is C28H50. The summed E-state index contributed by atoms with van der Waals surface area (Å²) in [7, 11) is 0. The molecule has 0 aliphatic carbocycles. The van der Waals surface area contributed by atoms with Crippen LogP contribution in [0, 0.1) is 0 Å². The molecule has 0 aliphatic rings. The minimum absolute atomic E-state index is 0.724. The topological polar surface area (TPSA) is 0 Å². The second-order valence-corrected chi connectivity index (χ2v) is 9.11. The van der Waals surface area contributed by atoms with Crippen LogP contribution in [0.1, 0.15) is 147 Å².